The molecule has 5 heteroatoms. The fourth-order valence-corrected chi connectivity index (χ4v) is 0.698. The Morgan fingerprint density at radius 3 is 2.00 bits per heavy atom. The van der Waals surface area contributed by atoms with Gasteiger partial charge >= 0.3 is 6.18 Å². The van der Waals surface area contributed by atoms with Gasteiger partial charge < -0.3 is 4.74 Å². The van der Waals surface area contributed by atoms with Crippen LogP contribution in [0.1, 0.15) is 13.8 Å². The van der Waals surface area contributed by atoms with E-state index in [9.17, 15) is 13.2 Å². The summed E-state index contributed by atoms with van der Waals surface area (Å²) in [4.78, 5) is 0. The molecule has 1 nitrogen and oxygen atoms in total. The third-order valence-electron chi connectivity index (χ3n) is 1.19. The van der Waals surface area contributed by atoms with Gasteiger partial charge in [-0.05, 0) is 20.1 Å². The molecule has 0 heterocycles. The number of hydrogen-bond donors (Lipinski definition) is 0. The van der Waals surface area contributed by atoms with Crippen LogP contribution in [-0.4, -0.2) is 24.0 Å². The average Bonchev–Trinajstić information content (AvgIpc) is 1.85. The lowest BCUT2D eigenvalue weighted by Gasteiger charge is -2.19. The summed E-state index contributed by atoms with van der Waals surface area (Å²) >= 11 is 1.25. The van der Waals surface area contributed by atoms with Gasteiger partial charge in [-0.2, -0.15) is 13.2 Å². The maximum atomic E-state index is 11.8. The van der Waals surface area contributed by atoms with Crippen molar-refractivity contribution in [2.45, 2.75) is 31.6 Å². The van der Waals surface area contributed by atoms with Gasteiger partial charge in [0.05, 0.1) is 0 Å². The molecule has 0 aliphatic rings. The molecule has 0 rings (SSSR count). The summed E-state index contributed by atoms with van der Waals surface area (Å²) in [5, 5.41) is 0. The first-order chi connectivity index (χ1) is 4.88. The zero-order valence-electron chi connectivity index (χ0n) is 6.61. The monoisotopic (exact) mass is 188 g/mol. The van der Waals surface area contributed by atoms with Crippen LogP contribution in [0.5, 0.6) is 0 Å². The molecule has 0 spiro atoms. The van der Waals surface area contributed by atoms with E-state index in [4.69, 9.17) is 0 Å². The molecule has 11 heavy (non-hydrogen) atoms. The van der Waals surface area contributed by atoms with Gasteiger partial charge in [0.2, 0.25) is 0 Å². The van der Waals surface area contributed by atoms with Crippen molar-refractivity contribution in [3.05, 3.63) is 0 Å². The summed E-state index contributed by atoms with van der Waals surface area (Å²) in [6.07, 6.45) is -4.22. The minimum Gasteiger partial charge on any atom is -0.356 e. The molecule has 0 saturated carbocycles. The van der Waals surface area contributed by atoms with Crippen molar-refractivity contribution in [1.29, 1.82) is 0 Å². The summed E-state index contributed by atoms with van der Waals surface area (Å²) in [6.45, 7) is 2.60. The first kappa shape index (κ1) is 11.1. The topological polar surface area (TPSA) is 9.23 Å². The molecule has 0 aliphatic heterocycles. The average molecular weight is 188 g/mol. The Hall–Kier alpha value is 0.100. The highest BCUT2D eigenvalue weighted by molar-refractivity contribution is 7.99. The van der Waals surface area contributed by atoms with Crippen molar-refractivity contribution >= 4 is 11.8 Å². The third-order valence-corrected chi connectivity index (χ3v) is 1.96. The standard InChI is InChI=1S/C6H11F3OS/c1-4(6(7,8)9)10-5(2)11-3/h4-5H,1-3H3. The largest absolute Gasteiger partial charge is 0.414 e. The number of hydrogen-bond acceptors (Lipinski definition) is 2. The van der Waals surface area contributed by atoms with Crippen LogP contribution >= 0.6 is 11.8 Å². The normalized spacial score (nSPS) is 18.0. The minimum absolute atomic E-state index is 0.411. The Kier molecular flexibility index (Phi) is 4.25. The van der Waals surface area contributed by atoms with Crippen molar-refractivity contribution in [3.63, 3.8) is 0 Å². The van der Waals surface area contributed by atoms with Gasteiger partial charge in [-0.1, -0.05) is 0 Å². The number of rotatable bonds is 3. The first-order valence-electron chi connectivity index (χ1n) is 3.13. The van der Waals surface area contributed by atoms with Crippen LogP contribution in [0, 0.1) is 0 Å². The molecule has 0 aliphatic carbocycles. The molecule has 68 valence electrons. The van der Waals surface area contributed by atoms with Crippen LogP contribution < -0.4 is 0 Å². The van der Waals surface area contributed by atoms with Crippen LogP contribution in [0.4, 0.5) is 13.2 Å². The van der Waals surface area contributed by atoms with E-state index in [0.29, 0.717) is 0 Å². The molecule has 0 aromatic heterocycles. The number of halogens is 3. The number of thioether (sulfide) groups is 1. The predicted octanol–water partition coefficient (Wildman–Crippen LogP) is 2.66. The highest BCUT2D eigenvalue weighted by atomic mass is 32.2. The van der Waals surface area contributed by atoms with E-state index in [-0.39, 0.29) is 0 Å². The Balaban J connectivity index is 3.77. The van der Waals surface area contributed by atoms with Crippen LogP contribution in [0.15, 0.2) is 0 Å². The molecule has 0 aromatic carbocycles. The van der Waals surface area contributed by atoms with Crippen LogP contribution in [0.25, 0.3) is 0 Å². The van der Waals surface area contributed by atoms with Gasteiger partial charge in [0.1, 0.15) is 5.44 Å². The highest BCUT2D eigenvalue weighted by Crippen LogP contribution is 2.24. The van der Waals surface area contributed by atoms with Gasteiger partial charge in [0, 0.05) is 0 Å². The van der Waals surface area contributed by atoms with Gasteiger partial charge in [0.25, 0.3) is 0 Å². The Morgan fingerprint density at radius 1 is 1.27 bits per heavy atom. The fourth-order valence-electron chi connectivity index (χ4n) is 0.420. The van der Waals surface area contributed by atoms with Gasteiger partial charge in [0.15, 0.2) is 6.10 Å². The summed E-state index contributed by atoms with van der Waals surface area (Å²) in [5.41, 5.74) is -0.411. The Bertz CT molecular complexity index is 115. The molecule has 2 atom stereocenters. The smallest absolute Gasteiger partial charge is 0.356 e. The lowest BCUT2D eigenvalue weighted by atomic mass is 10.4. The van der Waals surface area contributed by atoms with Crippen LogP contribution in [0.3, 0.4) is 0 Å². The zero-order valence-corrected chi connectivity index (χ0v) is 7.42. The minimum atomic E-state index is -4.25. The summed E-state index contributed by atoms with van der Waals surface area (Å²) in [5.74, 6) is 0. The highest BCUT2D eigenvalue weighted by Gasteiger charge is 2.37. The van der Waals surface area contributed by atoms with Gasteiger partial charge in [-0.15, -0.1) is 11.8 Å². The molecule has 0 fully saturated rings. The van der Waals surface area contributed by atoms with E-state index in [2.05, 4.69) is 4.74 Å². The second kappa shape index (κ2) is 4.21. The van der Waals surface area contributed by atoms with Crippen molar-refractivity contribution in [3.8, 4) is 0 Å². The van der Waals surface area contributed by atoms with Crippen LogP contribution in [0.2, 0.25) is 0 Å². The van der Waals surface area contributed by atoms with E-state index >= 15 is 0 Å². The van der Waals surface area contributed by atoms with E-state index in [1.54, 1.807) is 13.2 Å². The zero-order chi connectivity index (χ0) is 9.07. The second-order valence-corrected chi connectivity index (χ2v) is 3.26. The number of alkyl halides is 3. The van der Waals surface area contributed by atoms with Gasteiger partial charge in [-0.25, -0.2) is 0 Å². The molecule has 0 saturated heterocycles. The summed E-state index contributed by atoms with van der Waals surface area (Å²) in [6, 6.07) is 0. The summed E-state index contributed by atoms with van der Waals surface area (Å²) in [7, 11) is 0. The molecule has 0 bridgehead atoms. The Labute approximate surface area is 68.3 Å². The van der Waals surface area contributed by atoms with Gasteiger partial charge in [-0.3, -0.25) is 0 Å². The Morgan fingerprint density at radius 2 is 1.73 bits per heavy atom. The lowest BCUT2D eigenvalue weighted by Crippen LogP contribution is -2.30. The maximum absolute atomic E-state index is 11.8. The van der Waals surface area contributed by atoms with Crippen molar-refractivity contribution in [2.75, 3.05) is 6.26 Å². The third kappa shape index (κ3) is 4.53. The van der Waals surface area contributed by atoms with Crippen molar-refractivity contribution < 1.29 is 17.9 Å². The summed E-state index contributed by atoms with van der Waals surface area (Å²) < 4.78 is 40.0. The molecule has 0 N–H and O–H groups in total. The lowest BCUT2D eigenvalue weighted by molar-refractivity contribution is -0.216. The van der Waals surface area contributed by atoms with E-state index in [0.717, 1.165) is 6.92 Å². The SMILES string of the molecule is CSC(C)OC(C)C(F)(F)F. The van der Waals surface area contributed by atoms with Crippen LogP contribution in [-0.2, 0) is 4.74 Å². The second-order valence-electron chi connectivity index (χ2n) is 2.12. The maximum Gasteiger partial charge on any atom is 0.414 e. The molecular weight excluding hydrogens is 177 g/mol. The van der Waals surface area contributed by atoms with E-state index in [1.165, 1.54) is 11.8 Å². The fraction of sp³-hybridized carbons (Fsp3) is 1.00. The quantitative estimate of drug-likeness (QED) is 0.630. The molecule has 0 aromatic rings. The molecular formula is C6H11F3OS. The molecule has 0 radical (unpaired) electrons. The first-order valence-corrected chi connectivity index (χ1v) is 4.41. The van der Waals surface area contributed by atoms with Crippen molar-refractivity contribution in [1.82, 2.24) is 0 Å². The van der Waals surface area contributed by atoms with Crippen molar-refractivity contribution in [2.24, 2.45) is 0 Å². The molecule has 2 unspecified atom stereocenters. The van der Waals surface area contributed by atoms with E-state index < -0.39 is 17.7 Å². The number of ether oxygens (including phenoxy) is 1. The van der Waals surface area contributed by atoms with E-state index in [1.807, 2.05) is 0 Å². The molecule has 0 amide bonds. The predicted molar refractivity (Wildman–Crippen MR) is 39.6 cm³/mol.